The Morgan fingerprint density at radius 3 is 2.86 bits per heavy atom. The number of carbonyl (C=O) groups excluding carboxylic acids is 1. The van der Waals surface area contributed by atoms with Crippen molar-refractivity contribution in [2.75, 3.05) is 20.2 Å². The van der Waals surface area contributed by atoms with E-state index < -0.39 is 0 Å². The third kappa shape index (κ3) is 4.00. The standard InChI is InChI=1S/C20H22N6O2/c1-28-18-8-6-16(7-9-18)20(27)25-11-3-4-15(13-25)14-26-23-19(22-24-26)17-5-2-10-21-12-17/h2,5-10,12,15H,3-4,11,13-14H2,1H3/t15-/m0/s1. The van der Waals surface area contributed by atoms with Crippen LogP contribution in [0.5, 0.6) is 5.75 Å². The van der Waals surface area contributed by atoms with Crippen LogP contribution in [0, 0.1) is 5.92 Å². The smallest absolute Gasteiger partial charge is 0.253 e. The number of hydrogen-bond donors (Lipinski definition) is 0. The highest BCUT2D eigenvalue weighted by Crippen LogP contribution is 2.21. The summed E-state index contributed by atoms with van der Waals surface area (Å²) in [5, 5.41) is 12.7. The number of nitrogens with zero attached hydrogens (tertiary/aromatic N) is 6. The molecule has 1 atom stereocenters. The maximum Gasteiger partial charge on any atom is 0.253 e. The van der Waals surface area contributed by atoms with Crippen LogP contribution in [0.2, 0.25) is 0 Å². The summed E-state index contributed by atoms with van der Waals surface area (Å²) in [5.74, 6) is 1.66. The Hall–Kier alpha value is -3.29. The Kier molecular flexibility index (Phi) is 5.27. The number of methoxy groups -OCH3 is 1. The second-order valence-corrected chi connectivity index (χ2v) is 6.90. The zero-order valence-corrected chi connectivity index (χ0v) is 15.7. The molecule has 0 unspecified atom stereocenters. The van der Waals surface area contributed by atoms with E-state index in [2.05, 4.69) is 20.4 Å². The molecular weight excluding hydrogens is 356 g/mol. The van der Waals surface area contributed by atoms with Crippen LogP contribution >= 0.6 is 0 Å². The molecule has 28 heavy (non-hydrogen) atoms. The normalized spacial score (nSPS) is 16.8. The van der Waals surface area contributed by atoms with Crippen LogP contribution in [-0.4, -0.2) is 56.2 Å². The summed E-state index contributed by atoms with van der Waals surface area (Å²) in [6.45, 7) is 2.10. The van der Waals surface area contributed by atoms with E-state index in [0.717, 1.165) is 30.7 Å². The fourth-order valence-electron chi connectivity index (χ4n) is 3.48. The van der Waals surface area contributed by atoms with Crippen LogP contribution in [0.25, 0.3) is 11.4 Å². The highest BCUT2D eigenvalue weighted by molar-refractivity contribution is 5.94. The molecule has 0 aliphatic carbocycles. The summed E-state index contributed by atoms with van der Waals surface area (Å²) in [6, 6.07) is 11.0. The Morgan fingerprint density at radius 2 is 2.11 bits per heavy atom. The number of tetrazole rings is 1. The number of benzene rings is 1. The van der Waals surface area contributed by atoms with Crippen LogP contribution in [-0.2, 0) is 6.54 Å². The first-order valence-electron chi connectivity index (χ1n) is 9.34. The Labute approximate surface area is 163 Å². The molecule has 1 aromatic carbocycles. The van der Waals surface area contributed by atoms with Gasteiger partial charge < -0.3 is 9.64 Å². The Bertz CT molecular complexity index is 925. The van der Waals surface area contributed by atoms with Crippen molar-refractivity contribution in [2.45, 2.75) is 19.4 Å². The lowest BCUT2D eigenvalue weighted by Crippen LogP contribution is -2.41. The maximum absolute atomic E-state index is 12.8. The van der Waals surface area contributed by atoms with E-state index in [1.165, 1.54) is 0 Å². The van der Waals surface area contributed by atoms with Crippen LogP contribution < -0.4 is 4.74 Å². The summed E-state index contributed by atoms with van der Waals surface area (Å²) in [7, 11) is 1.62. The first kappa shape index (κ1) is 18.1. The molecule has 1 aliphatic heterocycles. The third-order valence-corrected chi connectivity index (χ3v) is 4.94. The monoisotopic (exact) mass is 378 g/mol. The average Bonchev–Trinajstić information content (AvgIpc) is 3.22. The van der Waals surface area contributed by atoms with E-state index in [1.54, 1.807) is 24.3 Å². The fraction of sp³-hybridized carbons (Fsp3) is 0.350. The van der Waals surface area contributed by atoms with Gasteiger partial charge in [0, 0.05) is 36.6 Å². The number of likely N-dealkylation sites (tertiary alicyclic amines) is 1. The molecule has 1 amide bonds. The highest BCUT2D eigenvalue weighted by atomic mass is 16.5. The van der Waals surface area contributed by atoms with E-state index in [0.29, 0.717) is 30.4 Å². The number of ether oxygens (including phenoxy) is 1. The molecule has 0 bridgehead atoms. The van der Waals surface area contributed by atoms with Gasteiger partial charge in [-0.2, -0.15) is 4.80 Å². The molecule has 1 aliphatic rings. The zero-order chi connectivity index (χ0) is 19.3. The van der Waals surface area contributed by atoms with Gasteiger partial charge in [-0.05, 0) is 60.4 Å². The lowest BCUT2D eigenvalue weighted by Gasteiger charge is -2.32. The largest absolute Gasteiger partial charge is 0.497 e. The van der Waals surface area contributed by atoms with Gasteiger partial charge in [0.25, 0.3) is 5.91 Å². The number of carbonyl (C=O) groups is 1. The van der Waals surface area contributed by atoms with Crippen molar-refractivity contribution < 1.29 is 9.53 Å². The van der Waals surface area contributed by atoms with Gasteiger partial charge in [0.15, 0.2) is 0 Å². The lowest BCUT2D eigenvalue weighted by molar-refractivity contribution is 0.0656. The van der Waals surface area contributed by atoms with Crippen molar-refractivity contribution in [3.63, 3.8) is 0 Å². The van der Waals surface area contributed by atoms with E-state index in [9.17, 15) is 4.79 Å². The summed E-state index contributed by atoms with van der Waals surface area (Å²) in [4.78, 5) is 20.4. The lowest BCUT2D eigenvalue weighted by atomic mass is 9.97. The topological polar surface area (TPSA) is 86.0 Å². The van der Waals surface area contributed by atoms with Crippen molar-refractivity contribution in [3.05, 3.63) is 54.4 Å². The number of hydrogen-bond acceptors (Lipinski definition) is 6. The molecule has 4 rings (SSSR count). The van der Waals surface area contributed by atoms with Crippen molar-refractivity contribution in [3.8, 4) is 17.1 Å². The number of amides is 1. The van der Waals surface area contributed by atoms with Gasteiger partial charge in [0.05, 0.1) is 13.7 Å². The number of aromatic nitrogens is 5. The molecule has 3 heterocycles. The quantitative estimate of drug-likeness (QED) is 0.677. The predicted octanol–water partition coefficient (Wildman–Crippen LogP) is 2.30. The molecule has 0 radical (unpaired) electrons. The third-order valence-electron chi connectivity index (χ3n) is 4.94. The summed E-state index contributed by atoms with van der Waals surface area (Å²) in [6.07, 6.45) is 5.44. The minimum Gasteiger partial charge on any atom is -0.497 e. The van der Waals surface area contributed by atoms with Crippen molar-refractivity contribution in [2.24, 2.45) is 5.92 Å². The molecule has 1 saturated heterocycles. The van der Waals surface area contributed by atoms with Crippen LogP contribution in [0.4, 0.5) is 0 Å². The van der Waals surface area contributed by atoms with E-state index in [-0.39, 0.29) is 5.91 Å². The van der Waals surface area contributed by atoms with Crippen LogP contribution in [0.15, 0.2) is 48.8 Å². The molecular formula is C20H22N6O2. The van der Waals surface area contributed by atoms with Crippen molar-refractivity contribution in [1.82, 2.24) is 30.1 Å². The van der Waals surface area contributed by atoms with Gasteiger partial charge in [-0.1, -0.05) is 0 Å². The first-order valence-corrected chi connectivity index (χ1v) is 9.34. The van der Waals surface area contributed by atoms with Crippen LogP contribution in [0.1, 0.15) is 23.2 Å². The molecule has 2 aromatic heterocycles. The second kappa shape index (κ2) is 8.16. The maximum atomic E-state index is 12.8. The molecule has 1 fully saturated rings. The van der Waals surface area contributed by atoms with Gasteiger partial charge in [0.2, 0.25) is 5.82 Å². The zero-order valence-electron chi connectivity index (χ0n) is 15.7. The van der Waals surface area contributed by atoms with Crippen molar-refractivity contribution >= 4 is 5.91 Å². The average molecular weight is 378 g/mol. The molecule has 8 nitrogen and oxygen atoms in total. The SMILES string of the molecule is COc1ccc(C(=O)N2CCC[C@H](Cn3nnc(-c4cccnc4)n3)C2)cc1. The van der Waals surface area contributed by atoms with Gasteiger partial charge in [-0.25, -0.2) is 0 Å². The number of pyridine rings is 1. The van der Waals surface area contributed by atoms with Gasteiger partial charge in [-0.3, -0.25) is 9.78 Å². The molecule has 144 valence electrons. The van der Waals surface area contributed by atoms with Crippen molar-refractivity contribution in [1.29, 1.82) is 0 Å². The molecule has 0 spiro atoms. The Morgan fingerprint density at radius 1 is 1.25 bits per heavy atom. The van der Waals surface area contributed by atoms with Crippen LogP contribution in [0.3, 0.4) is 0 Å². The summed E-state index contributed by atoms with van der Waals surface area (Å²) in [5.41, 5.74) is 1.52. The molecule has 3 aromatic rings. The molecule has 8 heteroatoms. The minimum atomic E-state index is 0.0509. The molecule has 0 saturated carbocycles. The predicted molar refractivity (Wildman–Crippen MR) is 103 cm³/mol. The Balaban J connectivity index is 1.40. The first-order chi connectivity index (χ1) is 13.7. The van der Waals surface area contributed by atoms with Gasteiger partial charge in [0.1, 0.15) is 5.75 Å². The highest BCUT2D eigenvalue weighted by Gasteiger charge is 2.25. The number of rotatable bonds is 5. The van der Waals surface area contributed by atoms with Gasteiger partial charge in [-0.15, -0.1) is 10.2 Å². The summed E-state index contributed by atoms with van der Waals surface area (Å²) < 4.78 is 5.16. The summed E-state index contributed by atoms with van der Waals surface area (Å²) >= 11 is 0. The van der Waals surface area contributed by atoms with E-state index in [4.69, 9.17) is 4.74 Å². The number of piperidine rings is 1. The second-order valence-electron chi connectivity index (χ2n) is 6.90. The molecule has 0 N–H and O–H groups in total. The van der Waals surface area contributed by atoms with E-state index >= 15 is 0 Å². The minimum absolute atomic E-state index is 0.0509. The van der Waals surface area contributed by atoms with E-state index in [1.807, 2.05) is 41.3 Å². The van der Waals surface area contributed by atoms with Gasteiger partial charge >= 0.3 is 0 Å². The fourth-order valence-corrected chi connectivity index (χ4v) is 3.48.